The summed E-state index contributed by atoms with van der Waals surface area (Å²) in [6.45, 7) is 19.4. The lowest BCUT2D eigenvalue weighted by Gasteiger charge is -2.69. The molecule has 0 aliphatic carbocycles. The Kier molecular flexibility index (Phi) is 4.46. The van der Waals surface area contributed by atoms with Crippen LogP contribution in [0.3, 0.4) is 0 Å². The first-order chi connectivity index (χ1) is 11.9. The van der Waals surface area contributed by atoms with Crippen molar-refractivity contribution in [3.63, 3.8) is 0 Å². The highest BCUT2D eigenvalue weighted by atomic mass is 29.3. The van der Waals surface area contributed by atoms with Crippen LogP contribution in [0.25, 0.3) is 0 Å². The second-order valence-electron chi connectivity index (χ2n) is 9.85. The molecule has 1 aliphatic heterocycles. The number of rotatable bonds is 2. The zero-order valence-electron chi connectivity index (χ0n) is 17.7. The van der Waals surface area contributed by atoms with Gasteiger partial charge in [-0.1, -0.05) is 98.7 Å². The Hall–Kier alpha value is -1.17. The molecule has 26 heavy (non-hydrogen) atoms. The van der Waals surface area contributed by atoms with E-state index in [1.807, 2.05) is 0 Å². The van der Waals surface area contributed by atoms with E-state index in [1.165, 1.54) is 10.4 Å². The van der Waals surface area contributed by atoms with Crippen LogP contribution in [-0.4, -0.2) is 21.0 Å². The highest BCUT2D eigenvalue weighted by Crippen LogP contribution is 2.64. The quantitative estimate of drug-likeness (QED) is 0.653. The van der Waals surface area contributed by atoms with Crippen molar-refractivity contribution < 1.29 is 4.43 Å². The van der Waals surface area contributed by atoms with Crippen molar-refractivity contribution in [2.24, 2.45) is 5.41 Å². The summed E-state index contributed by atoms with van der Waals surface area (Å²) in [4.78, 5) is 0. The Morgan fingerprint density at radius 2 is 1.04 bits per heavy atom. The molecule has 0 saturated carbocycles. The molecule has 1 fully saturated rings. The van der Waals surface area contributed by atoms with Crippen LogP contribution in [0.15, 0.2) is 60.7 Å². The summed E-state index contributed by atoms with van der Waals surface area (Å²) in [7, 11) is -4.27. The lowest BCUT2D eigenvalue weighted by Crippen LogP contribution is -2.87. The van der Waals surface area contributed by atoms with Gasteiger partial charge < -0.3 is 4.43 Å². The van der Waals surface area contributed by atoms with Gasteiger partial charge in [0.2, 0.25) is 0 Å². The minimum absolute atomic E-state index is 0.0421. The molecule has 0 atom stereocenters. The highest BCUT2D eigenvalue weighted by Gasteiger charge is 2.73. The van der Waals surface area contributed by atoms with E-state index in [9.17, 15) is 0 Å². The summed E-state index contributed by atoms with van der Waals surface area (Å²) >= 11 is 0. The van der Waals surface area contributed by atoms with E-state index in [-0.39, 0.29) is 16.1 Å². The van der Waals surface area contributed by atoms with Gasteiger partial charge in [0.25, 0.3) is 0 Å². The molecule has 2 aromatic carbocycles. The summed E-state index contributed by atoms with van der Waals surface area (Å²) in [6, 6.07) is 22.6. The molecule has 0 unspecified atom stereocenters. The molecule has 0 amide bonds. The standard InChI is InChI=1S/C23H34OSi2/c1-21(2)22(3,4)24-25(7,8)26(23(21,5)6,19-15-11-9-12-16-19)20-17-13-10-14-18-20/h9-18H,1-8H3. The van der Waals surface area contributed by atoms with Crippen LogP contribution in [0.4, 0.5) is 0 Å². The first-order valence-electron chi connectivity index (χ1n) is 9.73. The fourth-order valence-electron chi connectivity index (χ4n) is 5.78. The van der Waals surface area contributed by atoms with Crippen molar-refractivity contribution >= 4 is 25.8 Å². The third-order valence-corrected chi connectivity index (χ3v) is 24.9. The van der Waals surface area contributed by atoms with Crippen LogP contribution in [0.5, 0.6) is 0 Å². The Bertz CT molecular complexity index is 737. The van der Waals surface area contributed by atoms with Crippen molar-refractivity contribution in [1.82, 2.24) is 0 Å². The average Bonchev–Trinajstić information content (AvgIpc) is 2.54. The van der Waals surface area contributed by atoms with E-state index >= 15 is 0 Å². The third kappa shape index (κ3) is 2.30. The smallest absolute Gasteiger partial charge is 0.185 e. The minimum atomic E-state index is -2.20. The maximum Gasteiger partial charge on any atom is 0.185 e. The van der Waals surface area contributed by atoms with Gasteiger partial charge in [0, 0.05) is 0 Å². The molecule has 1 aliphatic rings. The second-order valence-corrected chi connectivity index (χ2v) is 22.8. The van der Waals surface area contributed by atoms with Gasteiger partial charge in [-0.25, -0.2) is 0 Å². The fourth-order valence-corrected chi connectivity index (χ4v) is 26.6. The number of benzene rings is 2. The third-order valence-electron chi connectivity index (χ3n) is 7.83. The topological polar surface area (TPSA) is 9.23 Å². The molecule has 1 heterocycles. The van der Waals surface area contributed by atoms with Gasteiger partial charge in [-0.05, 0) is 37.4 Å². The Morgan fingerprint density at radius 3 is 1.42 bits per heavy atom. The Balaban J connectivity index is 2.47. The molecular formula is C23H34OSi2. The van der Waals surface area contributed by atoms with Crippen LogP contribution in [0.1, 0.15) is 41.5 Å². The fraction of sp³-hybridized carbons (Fsp3) is 0.478. The van der Waals surface area contributed by atoms with E-state index in [2.05, 4.69) is 115 Å². The van der Waals surface area contributed by atoms with E-state index in [1.54, 1.807) is 0 Å². The second kappa shape index (κ2) is 5.92. The van der Waals surface area contributed by atoms with Crippen molar-refractivity contribution in [1.29, 1.82) is 0 Å². The SMILES string of the molecule is CC1(C)O[Si](C)(C)[Si](c2ccccc2)(c2ccccc2)C(C)(C)C1(C)C. The van der Waals surface area contributed by atoms with Gasteiger partial charge in [0.15, 0.2) is 7.83 Å². The van der Waals surface area contributed by atoms with Gasteiger partial charge >= 0.3 is 0 Å². The molecular weight excluding hydrogens is 348 g/mol. The van der Waals surface area contributed by atoms with E-state index in [4.69, 9.17) is 4.43 Å². The van der Waals surface area contributed by atoms with Crippen LogP contribution < -0.4 is 10.4 Å². The molecule has 2 aromatic rings. The van der Waals surface area contributed by atoms with E-state index < -0.39 is 15.4 Å². The van der Waals surface area contributed by atoms with Crippen LogP contribution in [-0.2, 0) is 4.43 Å². The first kappa shape index (κ1) is 19.6. The summed E-state index contributed by atoms with van der Waals surface area (Å²) in [5, 5.41) is 3.19. The largest absolute Gasteiger partial charge is 0.414 e. The number of hydrogen-bond donors (Lipinski definition) is 0. The van der Waals surface area contributed by atoms with Crippen LogP contribution >= 0.6 is 0 Å². The molecule has 3 heteroatoms. The number of hydrogen-bond acceptors (Lipinski definition) is 1. The van der Waals surface area contributed by atoms with Gasteiger partial charge in [-0.2, -0.15) is 0 Å². The maximum absolute atomic E-state index is 7.14. The normalized spacial score (nSPS) is 24.8. The van der Waals surface area contributed by atoms with Crippen LogP contribution in [0.2, 0.25) is 18.1 Å². The molecule has 0 radical (unpaired) electrons. The molecule has 140 valence electrons. The molecule has 0 aromatic heterocycles. The average molecular weight is 383 g/mol. The summed E-state index contributed by atoms with van der Waals surface area (Å²) < 4.78 is 7.14. The molecule has 1 nitrogen and oxygen atoms in total. The van der Waals surface area contributed by atoms with E-state index in [0.29, 0.717) is 0 Å². The lowest BCUT2D eigenvalue weighted by molar-refractivity contribution is -0.0496. The molecule has 1 saturated heterocycles. The van der Waals surface area contributed by atoms with Crippen molar-refractivity contribution in [2.45, 2.75) is 65.3 Å². The highest BCUT2D eigenvalue weighted by molar-refractivity contribution is 7.50. The molecule has 0 N–H and O–H groups in total. The van der Waals surface area contributed by atoms with E-state index in [0.717, 1.165) is 0 Å². The maximum atomic E-state index is 7.14. The summed E-state index contributed by atoms with van der Waals surface area (Å²) in [5.74, 6) is 0. The van der Waals surface area contributed by atoms with Crippen molar-refractivity contribution in [2.75, 3.05) is 0 Å². The Labute approximate surface area is 161 Å². The van der Waals surface area contributed by atoms with Gasteiger partial charge in [0.1, 0.15) is 7.59 Å². The predicted octanol–water partition coefficient (Wildman–Crippen LogP) is 5.15. The van der Waals surface area contributed by atoms with Crippen LogP contribution in [0, 0.1) is 5.41 Å². The zero-order chi connectivity index (χ0) is 19.4. The Morgan fingerprint density at radius 1 is 0.654 bits per heavy atom. The minimum Gasteiger partial charge on any atom is -0.414 e. The first-order valence-corrected chi connectivity index (χ1v) is 15.6. The lowest BCUT2D eigenvalue weighted by atomic mass is 9.68. The summed E-state index contributed by atoms with van der Waals surface area (Å²) in [6.07, 6.45) is 0. The zero-order valence-corrected chi connectivity index (χ0v) is 19.7. The van der Waals surface area contributed by atoms with Gasteiger partial charge in [-0.15, -0.1) is 0 Å². The van der Waals surface area contributed by atoms with Crippen molar-refractivity contribution in [3.05, 3.63) is 60.7 Å². The monoisotopic (exact) mass is 382 g/mol. The molecule has 0 spiro atoms. The van der Waals surface area contributed by atoms with Gasteiger partial charge in [0.05, 0.1) is 5.60 Å². The van der Waals surface area contributed by atoms with Crippen molar-refractivity contribution in [3.8, 4) is 0 Å². The predicted molar refractivity (Wildman–Crippen MR) is 118 cm³/mol. The molecule has 3 rings (SSSR count). The summed E-state index contributed by atoms with van der Waals surface area (Å²) in [5.41, 5.74) is -0.104. The van der Waals surface area contributed by atoms with Gasteiger partial charge in [-0.3, -0.25) is 0 Å². The molecule has 0 bridgehead atoms.